The van der Waals surface area contributed by atoms with E-state index in [0.717, 1.165) is 29.6 Å². The molecular weight excluding hydrogens is 348 g/mol. The molecule has 0 radical (unpaired) electrons. The highest BCUT2D eigenvalue weighted by molar-refractivity contribution is 5.28. The zero-order valence-corrected chi connectivity index (χ0v) is 19.8. The Morgan fingerprint density at radius 3 is 1.69 bits per heavy atom. The number of hydrogen-bond donors (Lipinski definition) is 0. The lowest BCUT2D eigenvalue weighted by molar-refractivity contribution is 0.273. The average Bonchev–Trinajstić information content (AvgIpc) is 2.78. The van der Waals surface area contributed by atoms with Gasteiger partial charge in [-0.05, 0) is 98.5 Å². The molecule has 2 aliphatic rings. The Labute approximate surface area is 182 Å². The minimum Gasteiger partial charge on any atom is -0.0654 e. The summed E-state index contributed by atoms with van der Waals surface area (Å²) in [7, 11) is 0. The first-order valence-electron chi connectivity index (χ1n) is 13.3. The standard InChI is InChI=1S/C29H48/c1-4-6-7-8-9-24-10-14-26(15-11-24)28-18-20-29(21-19-28)27-16-12-25(13-17-27)22-23(3)5-2/h18-21,23-27H,4-17,22H2,1-3H3/t23?,24-,25-,26-,27-. The fourth-order valence-electron chi connectivity index (χ4n) is 6.15. The Hall–Kier alpha value is -0.780. The van der Waals surface area contributed by atoms with Gasteiger partial charge >= 0.3 is 0 Å². The molecule has 3 rings (SSSR count). The van der Waals surface area contributed by atoms with E-state index in [9.17, 15) is 0 Å². The SMILES string of the molecule is CCCCCC[C@H]1CC[C@H](c2ccc([C@H]3CC[C@H](CC(C)CC)CC3)cc2)CC1. The summed E-state index contributed by atoms with van der Waals surface area (Å²) in [4.78, 5) is 0. The van der Waals surface area contributed by atoms with Crippen LogP contribution >= 0.6 is 0 Å². The van der Waals surface area contributed by atoms with Gasteiger partial charge in [0.25, 0.3) is 0 Å². The molecule has 2 fully saturated rings. The van der Waals surface area contributed by atoms with Gasteiger partial charge in [0.15, 0.2) is 0 Å². The molecule has 0 heteroatoms. The Kier molecular flexibility index (Phi) is 9.60. The summed E-state index contributed by atoms with van der Waals surface area (Å²) in [6, 6.07) is 9.97. The average molecular weight is 397 g/mol. The third kappa shape index (κ3) is 7.15. The van der Waals surface area contributed by atoms with Gasteiger partial charge in [-0.2, -0.15) is 0 Å². The lowest BCUT2D eigenvalue weighted by Crippen LogP contribution is -2.16. The van der Waals surface area contributed by atoms with Crippen LogP contribution in [0.5, 0.6) is 0 Å². The van der Waals surface area contributed by atoms with Crippen LogP contribution in [0.2, 0.25) is 0 Å². The molecule has 2 aliphatic carbocycles. The fraction of sp³-hybridized carbons (Fsp3) is 0.793. The summed E-state index contributed by atoms with van der Waals surface area (Å²) in [6.07, 6.45) is 21.6. The van der Waals surface area contributed by atoms with Crippen LogP contribution in [-0.4, -0.2) is 0 Å². The van der Waals surface area contributed by atoms with E-state index in [0.29, 0.717) is 0 Å². The highest BCUT2D eigenvalue weighted by Crippen LogP contribution is 2.41. The van der Waals surface area contributed by atoms with Gasteiger partial charge in [-0.1, -0.05) is 83.6 Å². The van der Waals surface area contributed by atoms with Crippen LogP contribution in [0.25, 0.3) is 0 Å². The van der Waals surface area contributed by atoms with Crippen molar-refractivity contribution in [2.45, 2.75) is 129 Å². The van der Waals surface area contributed by atoms with Crippen LogP contribution in [0.15, 0.2) is 24.3 Å². The van der Waals surface area contributed by atoms with Crippen molar-refractivity contribution in [3.63, 3.8) is 0 Å². The predicted octanol–water partition coefficient (Wildman–Crippen LogP) is 9.64. The predicted molar refractivity (Wildman–Crippen MR) is 129 cm³/mol. The molecule has 0 nitrogen and oxygen atoms in total. The van der Waals surface area contributed by atoms with Crippen molar-refractivity contribution >= 4 is 0 Å². The molecule has 2 saturated carbocycles. The third-order valence-electron chi connectivity index (χ3n) is 8.47. The lowest BCUT2D eigenvalue weighted by Gasteiger charge is -2.31. The molecular formula is C29H48. The maximum Gasteiger partial charge on any atom is -0.0162 e. The first-order chi connectivity index (χ1) is 14.2. The van der Waals surface area contributed by atoms with E-state index < -0.39 is 0 Å². The number of rotatable bonds is 10. The second-order valence-corrected chi connectivity index (χ2v) is 10.7. The molecule has 0 amide bonds. The van der Waals surface area contributed by atoms with Gasteiger partial charge in [-0.25, -0.2) is 0 Å². The molecule has 0 spiro atoms. The van der Waals surface area contributed by atoms with Crippen LogP contribution in [-0.2, 0) is 0 Å². The highest BCUT2D eigenvalue weighted by atomic mass is 14.3. The zero-order valence-electron chi connectivity index (χ0n) is 19.8. The van der Waals surface area contributed by atoms with Gasteiger partial charge in [0.05, 0.1) is 0 Å². The van der Waals surface area contributed by atoms with E-state index >= 15 is 0 Å². The quantitative estimate of drug-likeness (QED) is 0.345. The summed E-state index contributed by atoms with van der Waals surface area (Å²) >= 11 is 0. The Bertz CT molecular complexity index is 540. The van der Waals surface area contributed by atoms with Crippen molar-refractivity contribution in [1.82, 2.24) is 0 Å². The summed E-state index contributed by atoms with van der Waals surface area (Å²) < 4.78 is 0. The van der Waals surface area contributed by atoms with Crippen LogP contribution in [0.1, 0.15) is 140 Å². The molecule has 0 heterocycles. The molecule has 29 heavy (non-hydrogen) atoms. The normalized spacial score (nSPS) is 28.9. The van der Waals surface area contributed by atoms with Gasteiger partial charge in [0.2, 0.25) is 0 Å². The van der Waals surface area contributed by atoms with Crippen molar-refractivity contribution in [1.29, 1.82) is 0 Å². The van der Waals surface area contributed by atoms with E-state index in [4.69, 9.17) is 0 Å². The van der Waals surface area contributed by atoms with E-state index in [2.05, 4.69) is 45.0 Å². The summed E-state index contributed by atoms with van der Waals surface area (Å²) in [6.45, 7) is 7.10. The molecule has 1 aromatic rings. The Morgan fingerprint density at radius 1 is 0.690 bits per heavy atom. The lowest BCUT2D eigenvalue weighted by atomic mass is 9.74. The molecule has 1 atom stereocenters. The van der Waals surface area contributed by atoms with Gasteiger partial charge in [-0.3, -0.25) is 0 Å². The molecule has 1 unspecified atom stereocenters. The van der Waals surface area contributed by atoms with Gasteiger partial charge < -0.3 is 0 Å². The van der Waals surface area contributed by atoms with E-state index in [1.165, 1.54) is 96.3 Å². The number of unbranched alkanes of at least 4 members (excludes halogenated alkanes) is 3. The maximum atomic E-state index is 2.49. The van der Waals surface area contributed by atoms with Crippen LogP contribution in [0.4, 0.5) is 0 Å². The Balaban J connectivity index is 1.41. The second-order valence-electron chi connectivity index (χ2n) is 10.7. The molecule has 164 valence electrons. The molecule has 0 bridgehead atoms. The van der Waals surface area contributed by atoms with Gasteiger partial charge in [0.1, 0.15) is 0 Å². The molecule has 0 aromatic heterocycles. The molecule has 0 saturated heterocycles. The smallest absolute Gasteiger partial charge is 0.0162 e. The van der Waals surface area contributed by atoms with Crippen molar-refractivity contribution < 1.29 is 0 Å². The molecule has 0 N–H and O–H groups in total. The van der Waals surface area contributed by atoms with E-state index in [1.54, 1.807) is 11.1 Å². The minimum atomic E-state index is 0.830. The zero-order chi connectivity index (χ0) is 20.5. The monoisotopic (exact) mass is 396 g/mol. The fourth-order valence-corrected chi connectivity index (χ4v) is 6.15. The van der Waals surface area contributed by atoms with Crippen molar-refractivity contribution in [2.24, 2.45) is 17.8 Å². The minimum absolute atomic E-state index is 0.830. The topological polar surface area (TPSA) is 0 Å². The van der Waals surface area contributed by atoms with Crippen molar-refractivity contribution in [3.8, 4) is 0 Å². The van der Waals surface area contributed by atoms with Gasteiger partial charge in [-0.15, -0.1) is 0 Å². The summed E-state index contributed by atoms with van der Waals surface area (Å²) in [5.41, 5.74) is 3.25. The third-order valence-corrected chi connectivity index (χ3v) is 8.47. The van der Waals surface area contributed by atoms with Gasteiger partial charge in [0, 0.05) is 0 Å². The number of hydrogen-bond acceptors (Lipinski definition) is 0. The van der Waals surface area contributed by atoms with E-state index in [-0.39, 0.29) is 0 Å². The first-order valence-corrected chi connectivity index (χ1v) is 13.3. The van der Waals surface area contributed by atoms with Crippen molar-refractivity contribution in [2.75, 3.05) is 0 Å². The van der Waals surface area contributed by atoms with Crippen LogP contribution in [0.3, 0.4) is 0 Å². The maximum absolute atomic E-state index is 2.49. The second kappa shape index (κ2) is 12.2. The molecule has 0 aliphatic heterocycles. The highest BCUT2D eigenvalue weighted by Gasteiger charge is 2.25. The van der Waals surface area contributed by atoms with Crippen LogP contribution < -0.4 is 0 Å². The largest absolute Gasteiger partial charge is 0.0654 e. The Morgan fingerprint density at radius 2 is 1.21 bits per heavy atom. The molecule has 1 aromatic carbocycles. The summed E-state index contributed by atoms with van der Waals surface area (Å²) in [5, 5.41) is 0. The summed E-state index contributed by atoms with van der Waals surface area (Å²) in [5.74, 6) is 4.60. The van der Waals surface area contributed by atoms with Crippen molar-refractivity contribution in [3.05, 3.63) is 35.4 Å². The number of benzene rings is 1. The van der Waals surface area contributed by atoms with E-state index in [1.807, 2.05) is 0 Å². The first kappa shape index (κ1) is 22.9. The van der Waals surface area contributed by atoms with Crippen LogP contribution in [0, 0.1) is 17.8 Å².